The fourth-order valence-corrected chi connectivity index (χ4v) is 3.54. The van der Waals surface area contributed by atoms with Gasteiger partial charge in [-0.15, -0.1) is 0 Å². The van der Waals surface area contributed by atoms with Crippen molar-refractivity contribution in [3.05, 3.63) is 81.9 Å². The lowest BCUT2D eigenvalue weighted by Gasteiger charge is -2.25. The maximum absolute atomic E-state index is 13.3. The average Bonchev–Trinajstić information content (AvgIpc) is 3.20. The molecule has 0 saturated carbocycles. The van der Waals surface area contributed by atoms with Crippen LogP contribution in [0.3, 0.4) is 0 Å². The summed E-state index contributed by atoms with van der Waals surface area (Å²) < 4.78 is 19.1. The first-order chi connectivity index (χ1) is 13.1. The highest BCUT2D eigenvalue weighted by Crippen LogP contribution is 2.28. The Bertz CT molecular complexity index is 1020. The van der Waals surface area contributed by atoms with Gasteiger partial charge >= 0.3 is 0 Å². The molecule has 1 amide bonds. The van der Waals surface area contributed by atoms with Gasteiger partial charge in [0, 0.05) is 23.6 Å². The molecule has 138 valence electrons. The van der Waals surface area contributed by atoms with Crippen LogP contribution in [0.25, 0.3) is 10.9 Å². The topological polar surface area (TPSA) is 71.2 Å². The lowest BCUT2D eigenvalue weighted by Crippen LogP contribution is -2.36. The van der Waals surface area contributed by atoms with E-state index in [0.29, 0.717) is 23.1 Å². The van der Waals surface area contributed by atoms with Crippen molar-refractivity contribution in [1.29, 1.82) is 0 Å². The number of halogens is 1. The van der Waals surface area contributed by atoms with Gasteiger partial charge in [-0.3, -0.25) is 9.59 Å². The lowest BCUT2D eigenvalue weighted by atomic mass is 9.98. The molecule has 2 atom stereocenters. The molecule has 1 aliphatic heterocycles. The van der Waals surface area contributed by atoms with Gasteiger partial charge in [-0.25, -0.2) is 4.39 Å². The van der Waals surface area contributed by atoms with Crippen molar-refractivity contribution < 1.29 is 13.9 Å². The van der Waals surface area contributed by atoms with Crippen molar-refractivity contribution in [1.82, 2.24) is 10.3 Å². The van der Waals surface area contributed by atoms with E-state index in [2.05, 4.69) is 10.3 Å². The molecule has 1 aromatic heterocycles. The van der Waals surface area contributed by atoms with Gasteiger partial charge in [0.15, 0.2) is 0 Å². The summed E-state index contributed by atoms with van der Waals surface area (Å²) in [7, 11) is 0. The second kappa shape index (κ2) is 7.32. The monoisotopic (exact) mass is 366 g/mol. The minimum atomic E-state index is -0.418. The van der Waals surface area contributed by atoms with E-state index in [0.717, 1.165) is 18.4 Å². The lowest BCUT2D eigenvalue weighted by molar-refractivity contribution is 0.0673. The summed E-state index contributed by atoms with van der Waals surface area (Å²) >= 11 is 0. The zero-order valence-corrected chi connectivity index (χ0v) is 14.6. The number of rotatable bonds is 4. The quantitative estimate of drug-likeness (QED) is 0.744. The molecule has 27 heavy (non-hydrogen) atoms. The fourth-order valence-electron chi connectivity index (χ4n) is 3.54. The number of amides is 1. The molecule has 0 aliphatic carbocycles. The predicted molar refractivity (Wildman–Crippen MR) is 100 cm³/mol. The SMILES string of the molecule is O=C(N[C@@H](c1ccc(F)cc1)[C@H]1CCCO1)c1cc(=O)[nH]c2ccccc12. The molecule has 1 saturated heterocycles. The number of para-hydroxylation sites is 1. The molecule has 0 unspecified atom stereocenters. The molecule has 5 nitrogen and oxygen atoms in total. The zero-order valence-electron chi connectivity index (χ0n) is 14.6. The molecule has 0 spiro atoms. The summed E-state index contributed by atoms with van der Waals surface area (Å²) in [6, 6.07) is 14.1. The molecule has 2 N–H and O–H groups in total. The Balaban J connectivity index is 1.70. The standard InChI is InChI=1S/C21H19FN2O3/c22-14-9-7-13(8-10-14)20(18-6-3-11-27-18)24-21(26)16-12-19(25)23-17-5-2-1-4-15(16)17/h1-2,4-5,7-10,12,18,20H,3,6,11H2,(H,23,25)(H,24,26)/t18-,20+/m1/s1. The molecule has 4 rings (SSSR count). The van der Waals surface area contributed by atoms with Crippen molar-refractivity contribution in [2.24, 2.45) is 0 Å². The van der Waals surface area contributed by atoms with Crippen molar-refractivity contribution in [3.63, 3.8) is 0 Å². The van der Waals surface area contributed by atoms with E-state index < -0.39 is 6.04 Å². The van der Waals surface area contributed by atoms with Crippen LogP contribution in [0.1, 0.15) is 34.8 Å². The minimum absolute atomic E-state index is 0.187. The van der Waals surface area contributed by atoms with Crippen LogP contribution in [0.2, 0.25) is 0 Å². The number of benzene rings is 2. The number of hydrogen-bond donors (Lipinski definition) is 2. The Morgan fingerprint density at radius 2 is 1.96 bits per heavy atom. The number of hydrogen-bond acceptors (Lipinski definition) is 3. The number of fused-ring (bicyclic) bond motifs is 1. The van der Waals surface area contributed by atoms with Crippen molar-refractivity contribution >= 4 is 16.8 Å². The summed E-state index contributed by atoms with van der Waals surface area (Å²) in [4.78, 5) is 27.7. The van der Waals surface area contributed by atoms with Gasteiger partial charge in [-0.1, -0.05) is 30.3 Å². The van der Waals surface area contributed by atoms with Crippen LogP contribution >= 0.6 is 0 Å². The van der Waals surface area contributed by atoms with E-state index in [1.54, 1.807) is 30.3 Å². The second-order valence-corrected chi connectivity index (χ2v) is 6.65. The number of aromatic amines is 1. The zero-order chi connectivity index (χ0) is 18.8. The van der Waals surface area contributed by atoms with E-state index in [4.69, 9.17) is 4.74 Å². The molecular weight excluding hydrogens is 347 g/mol. The van der Waals surface area contributed by atoms with Gasteiger partial charge in [0.05, 0.1) is 17.7 Å². The van der Waals surface area contributed by atoms with E-state index in [-0.39, 0.29) is 23.4 Å². The highest BCUT2D eigenvalue weighted by Gasteiger charge is 2.29. The number of ether oxygens (including phenoxy) is 1. The van der Waals surface area contributed by atoms with E-state index in [1.807, 2.05) is 6.07 Å². The van der Waals surface area contributed by atoms with Crippen LogP contribution in [0.15, 0.2) is 59.4 Å². The summed E-state index contributed by atoms with van der Waals surface area (Å²) in [5.41, 5.74) is 1.34. The highest BCUT2D eigenvalue weighted by atomic mass is 19.1. The summed E-state index contributed by atoms with van der Waals surface area (Å²) in [5, 5.41) is 3.66. The number of aromatic nitrogens is 1. The molecule has 1 fully saturated rings. The first kappa shape index (κ1) is 17.4. The summed E-state index contributed by atoms with van der Waals surface area (Å²) in [6.07, 6.45) is 1.53. The Hall–Kier alpha value is -2.99. The molecule has 0 radical (unpaired) electrons. The smallest absolute Gasteiger partial charge is 0.252 e. The van der Waals surface area contributed by atoms with Crippen LogP contribution in [0.5, 0.6) is 0 Å². The van der Waals surface area contributed by atoms with E-state index >= 15 is 0 Å². The van der Waals surface area contributed by atoms with Crippen LogP contribution in [-0.4, -0.2) is 23.6 Å². The normalized spacial score (nSPS) is 17.7. The van der Waals surface area contributed by atoms with Gasteiger partial charge in [0.25, 0.3) is 5.91 Å². The fraction of sp³-hybridized carbons (Fsp3) is 0.238. The molecule has 6 heteroatoms. The third kappa shape index (κ3) is 3.61. The number of H-pyrrole nitrogens is 1. The average molecular weight is 366 g/mol. The Kier molecular flexibility index (Phi) is 4.73. The molecule has 2 heterocycles. The summed E-state index contributed by atoms with van der Waals surface area (Å²) in [6.45, 7) is 0.631. The molecule has 1 aliphatic rings. The van der Waals surface area contributed by atoms with Gasteiger partial charge < -0.3 is 15.0 Å². The second-order valence-electron chi connectivity index (χ2n) is 6.65. The number of nitrogens with one attached hydrogen (secondary N) is 2. The maximum Gasteiger partial charge on any atom is 0.252 e. The van der Waals surface area contributed by atoms with E-state index in [1.165, 1.54) is 18.2 Å². The summed E-state index contributed by atoms with van der Waals surface area (Å²) in [5.74, 6) is -0.695. The Morgan fingerprint density at radius 1 is 1.19 bits per heavy atom. The minimum Gasteiger partial charge on any atom is -0.376 e. The van der Waals surface area contributed by atoms with Crippen LogP contribution in [0.4, 0.5) is 4.39 Å². The third-order valence-electron chi connectivity index (χ3n) is 4.85. The molecule has 2 aromatic carbocycles. The maximum atomic E-state index is 13.3. The Labute approximate surface area is 155 Å². The number of pyridine rings is 1. The van der Waals surface area contributed by atoms with Gasteiger partial charge in [-0.05, 0) is 36.6 Å². The largest absolute Gasteiger partial charge is 0.376 e. The number of carbonyl (C=O) groups excluding carboxylic acids is 1. The van der Waals surface area contributed by atoms with Crippen LogP contribution < -0.4 is 10.9 Å². The highest BCUT2D eigenvalue weighted by molar-refractivity contribution is 6.06. The third-order valence-corrected chi connectivity index (χ3v) is 4.85. The first-order valence-electron chi connectivity index (χ1n) is 8.92. The van der Waals surface area contributed by atoms with E-state index in [9.17, 15) is 14.0 Å². The van der Waals surface area contributed by atoms with Crippen LogP contribution in [0, 0.1) is 5.82 Å². The van der Waals surface area contributed by atoms with Gasteiger partial charge in [0.1, 0.15) is 5.82 Å². The Morgan fingerprint density at radius 3 is 2.70 bits per heavy atom. The molecule has 3 aromatic rings. The first-order valence-corrected chi connectivity index (χ1v) is 8.92. The van der Waals surface area contributed by atoms with Gasteiger partial charge in [-0.2, -0.15) is 0 Å². The van der Waals surface area contributed by atoms with Crippen LogP contribution in [-0.2, 0) is 4.74 Å². The van der Waals surface area contributed by atoms with Crippen molar-refractivity contribution in [3.8, 4) is 0 Å². The predicted octanol–water partition coefficient (Wildman–Crippen LogP) is 3.32. The van der Waals surface area contributed by atoms with Crippen molar-refractivity contribution in [2.45, 2.75) is 25.0 Å². The molecule has 0 bridgehead atoms. The number of carbonyl (C=O) groups is 1. The van der Waals surface area contributed by atoms with Gasteiger partial charge in [0.2, 0.25) is 5.56 Å². The van der Waals surface area contributed by atoms with Crippen molar-refractivity contribution in [2.75, 3.05) is 6.61 Å². The molecular formula is C21H19FN2O3.